The maximum absolute atomic E-state index is 13.0. The summed E-state index contributed by atoms with van der Waals surface area (Å²) in [6, 6.07) is 20.5. The van der Waals surface area contributed by atoms with Crippen LogP contribution in [0.5, 0.6) is 0 Å². The molecule has 0 fully saturated rings. The molecule has 0 bridgehead atoms. The number of sulfonamides is 1. The van der Waals surface area contributed by atoms with E-state index in [2.05, 4.69) is 10.2 Å². The molecule has 0 saturated carbocycles. The van der Waals surface area contributed by atoms with Crippen molar-refractivity contribution in [3.8, 4) is 17.2 Å². The van der Waals surface area contributed by atoms with Gasteiger partial charge < -0.3 is 5.11 Å². The lowest BCUT2D eigenvalue weighted by Gasteiger charge is -2.19. The number of hydrogen-bond acceptors (Lipinski definition) is 6. The monoisotopic (exact) mass is 543 g/mol. The van der Waals surface area contributed by atoms with Crippen LogP contribution in [0.25, 0.3) is 28.2 Å². The number of carboxylic acid groups (broad SMARTS) is 1. The highest BCUT2D eigenvalue weighted by Crippen LogP contribution is 2.29. The molecular formula is C28H25N5O5S. The number of aromatic amines is 1. The smallest absolute Gasteiger partial charge is 0.421 e. The maximum Gasteiger partial charge on any atom is 0.421 e. The highest BCUT2D eigenvalue weighted by atomic mass is 32.2. The van der Waals surface area contributed by atoms with Crippen LogP contribution in [0.1, 0.15) is 28.4 Å². The van der Waals surface area contributed by atoms with Crippen molar-refractivity contribution in [1.82, 2.24) is 24.1 Å². The van der Waals surface area contributed by atoms with Gasteiger partial charge in [-0.1, -0.05) is 29.8 Å². The number of imidazole rings is 1. The summed E-state index contributed by atoms with van der Waals surface area (Å²) in [5, 5.41) is 16.7. The van der Waals surface area contributed by atoms with Crippen LogP contribution in [-0.4, -0.2) is 56.0 Å². The van der Waals surface area contributed by atoms with Gasteiger partial charge in [-0.2, -0.15) is 5.10 Å². The Morgan fingerprint density at radius 1 is 1.00 bits per heavy atom. The Labute approximate surface area is 224 Å². The van der Waals surface area contributed by atoms with Crippen molar-refractivity contribution in [3.05, 3.63) is 95.7 Å². The van der Waals surface area contributed by atoms with Crippen molar-refractivity contribution in [3.63, 3.8) is 0 Å². The first-order valence-corrected chi connectivity index (χ1v) is 13.5. The summed E-state index contributed by atoms with van der Waals surface area (Å²) < 4.78 is 28.3. The molecule has 2 N–H and O–H groups in total. The van der Waals surface area contributed by atoms with Gasteiger partial charge in [-0.15, -0.1) is 0 Å². The number of amides is 1. The number of rotatable bonds is 8. The molecule has 0 atom stereocenters. The lowest BCUT2D eigenvalue weighted by molar-refractivity contribution is 0.101. The quantitative estimate of drug-likeness (QED) is 0.267. The number of nitrogens with zero attached hydrogens (tertiary/aromatic N) is 4. The minimum atomic E-state index is -4.21. The molecule has 198 valence electrons. The molecule has 0 spiro atoms. The molecule has 2 heterocycles. The molecule has 1 amide bonds. The van der Waals surface area contributed by atoms with E-state index >= 15 is 0 Å². The Kier molecular flexibility index (Phi) is 6.75. The number of fused-ring (bicyclic) bond motifs is 1. The highest BCUT2D eigenvalue weighted by molar-refractivity contribution is 7.89. The van der Waals surface area contributed by atoms with E-state index in [0.717, 1.165) is 22.3 Å². The number of aromatic nitrogens is 4. The first-order valence-electron chi connectivity index (χ1n) is 12.1. The maximum atomic E-state index is 13.0. The second kappa shape index (κ2) is 10.2. The van der Waals surface area contributed by atoms with Gasteiger partial charge in [0.1, 0.15) is 5.69 Å². The van der Waals surface area contributed by atoms with E-state index < -0.39 is 16.1 Å². The third-order valence-corrected chi connectivity index (χ3v) is 8.20. The average molecular weight is 544 g/mol. The molecule has 0 saturated heterocycles. The zero-order valence-corrected chi connectivity index (χ0v) is 22.0. The fraction of sp³-hybridized carbons (Fsp3) is 0.143. The van der Waals surface area contributed by atoms with Gasteiger partial charge in [0.2, 0.25) is 0 Å². The molecule has 10 nitrogen and oxygen atoms in total. The number of nitrogens with one attached hydrogen (secondary N) is 1. The summed E-state index contributed by atoms with van der Waals surface area (Å²) in [6.07, 6.45) is 0.351. The number of carbonyl (C=O) groups excluding carboxylic acids is 1. The van der Waals surface area contributed by atoms with E-state index in [-0.39, 0.29) is 23.6 Å². The third kappa shape index (κ3) is 5.04. The van der Waals surface area contributed by atoms with Crippen LogP contribution in [-0.2, 0) is 16.4 Å². The number of Topliss-reactive ketones (excluding diaryl/α,β-unsaturated/α-hetero) is 1. The number of hydrogen-bond donors (Lipinski definition) is 2. The Bertz CT molecular complexity index is 1770. The van der Waals surface area contributed by atoms with Crippen LogP contribution in [0.2, 0.25) is 0 Å². The van der Waals surface area contributed by atoms with Gasteiger partial charge in [-0.05, 0) is 74.4 Å². The number of H-pyrrole nitrogens is 1. The predicted molar refractivity (Wildman–Crippen MR) is 145 cm³/mol. The minimum absolute atomic E-state index is 0.0584. The Hall–Kier alpha value is -4.77. The van der Waals surface area contributed by atoms with Gasteiger partial charge >= 0.3 is 6.09 Å². The lowest BCUT2D eigenvalue weighted by atomic mass is 10.1. The number of benzene rings is 3. The average Bonchev–Trinajstić information content (AvgIpc) is 3.57. The first kappa shape index (κ1) is 25.9. The molecule has 3 aromatic carbocycles. The standard InChI is InChI=1S/C28H25N5O5S/c1-18-3-10-23(11-4-18)39(37,38)32(28(35)36)16-14-20-5-8-22(9-6-20)33-26-12-7-21(19(2)34)17-25(26)30-27(33)24-13-15-29-31-24/h3-13,15,17H,14,16H2,1-2H3,(H,29,31)(H,35,36). The van der Waals surface area contributed by atoms with Crippen LogP contribution in [0.15, 0.2) is 83.9 Å². The van der Waals surface area contributed by atoms with Gasteiger partial charge in [-0.3, -0.25) is 14.5 Å². The normalized spacial score (nSPS) is 11.5. The molecule has 5 aromatic rings. The van der Waals surface area contributed by atoms with Crippen molar-refractivity contribution in [2.75, 3.05) is 6.54 Å². The lowest BCUT2D eigenvalue weighted by Crippen LogP contribution is -2.37. The largest absolute Gasteiger partial charge is 0.464 e. The van der Waals surface area contributed by atoms with Crippen molar-refractivity contribution in [2.45, 2.75) is 25.2 Å². The molecule has 0 radical (unpaired) electrons. The summed E-state index contributed by atoms with van der Waals surface area (Å²) in [6.45, 7) is 3.09. The summed E-state index contributed by atoms with van der Waals surface area (Å²) in [4.78, 5) is 28.4. The molecule has 0 aliphatic heterocycles. The van der Waals surface area contributed by atoms with Gasteiger partial charge in [0, 0.05) is 24.0 Å². The Morgan fingerprint density at radius 3 is 2.33 bits per heavy atom. The van der Waals surface area contributed by atoms with Gasteiger partial charge in [0.05, 0.1) is 15.9 Å². The first-order chi connectivity index (χ1) is 18.6. The fourth-order valence-electron chi connectivity index (χ4n) is 4.32. The number of carbonyl (C=O) groups is 2. The van der Waals surface area contributed by atoms with E-state index in [9.17, 15) is 23.1 Å². The molecule has 39 heavy (non-hydrogen) atoms. The molecule has 0 unspecified atom stereocenters. The van der Waals surface area contributed by atoms with Crippen LogP contribution in [0.3, 0.4) is 0 Å². The van der Waals surface area contributed by atoms with Crippen LogP contribution in [0.4, 0.5) is 4.79 Å². The summed E-state index contributed by atoms with van der Waals surface area (Å²) in [7, 11) is -4.21. The highest BCUT2D eigenvalue weighted by Gasteiger charge is 2.28. The second-order valence-corrected chi connectivity index (χ2v) is 10.9. The third-order valence-electron chi connectivity index (χ3n) is 6.41. The summed E-state index contributed by atoms with van der Waals surface area (Å²) in [5.74, 6) is 0.526. The fourth-order valence-corrected chi connectivity index (χ4v) is 5.59. The van der Waals surface area contributed by atoms with Crippen molar-refractivity contribution in [2.24, 2.45) is 0 Å². The molecule has 11 heteroatoms. The topological polar surface area (TPSA) is 138 Å². The minimum Gasteiger partial charge on any atom is -0.464 e. The predicted octanol–water partition coefficient (Wildman–Crippen LogP) is 4.84. The van der Waals surface area contributed by atoms with Crippen molar-refractivity contribution < 1.29 is 23.1 Å². The van der Waals surface area contributed by atoms with Crippen LogP contribution in [0, 0.1) is 6.92 Å². The van der Waals surface area contributed by atoms with E-state index in [0.29, 0.717) is 26.9 Å². The van der Waals surface area contributed by atoms with Gasteiger partial charge in [0.25, 0.3) is 10.0 Å². The van der Waals surface area contributed by atoms with Gasteiger partial charge in [-0.25, -0.2) is 22.5 Å². The zero-order chi connectivity index (χ0) is 27.7. The molecular weight excluding hydrogens is 518 g/mol. The Morgan fingerprint density at radius 2 is 1.72 bits per heavy atom. The summed E-state index contributed by atoms with van der Waals surface area (Å²) in [5.41, 5.74) is 5.01. The van der Waals surface area contributed by atoms with Crippen LogP contribution < -0.4 is 0 Å². The number of ketones is 1. The van der Waals surface area contributed by atoms with Crippen molar-refractivity contribution >= 4 is 32.9 Å². The van der Waals surface area contributed by atoms with E-state index in [1.807, 2.05) is 41.8 Å². The SMILES string of the molecule is CC(=O)c1ccc2c(c1)nc(-c1cc[nH]n1)n2-c1ccc(CCN(C(=O)O)S(=O)(=O)c2ccc(C)cc2)cc1. The molecule has 0 aliphatic rings. The van der Waals surface area contributed by atoms with E-state index in [1.54, 1.807) is 36.5 Å². The molecule has 0 aliphatic carbocycles. The molecule has 2 aromatic heterocycles. The van der Waals surface area contributed by atoms with Crippen molar-refractivity contribution in [1.29, 1.82) is 0 Å². The van der Waals surface area contributed by atoms with E-state index in [4.69, 9.17) is 4.98 Å². The zero-order valence-electron chi connectivity index (χ0n) is 21.2. The second-order valence-electron chi connectivity index (χ2n) is 9.08. The molecule has 5 rings (SSSR count). The Balaban J connectivity index is 1.44. The van der Waals surface area contributed by atoms with Gasteiger partial charge in [0.15, 0.2) is 11.6 Å². The van der Waals surface area contributed by atoms with Crippen LogP contribution >= 0.6 is 0 Å². The van der Waals surface area contributed by atoms with E-state index in [1.165, 1.54) is 19.1 Å². The summed E-state index contributed by atoms with van der Waals surface area (Å²) >= 11 is 0. The number of aryl methyl sites for hydroxylation is 1.